The first kappa shape index (κ1) is 21.0. The number of ether oxygens (including phenoxy) is 3. The van der Waals surface area contributed by atoms with E-state index in [1.165, 1.54) is 14.2 Å². The largest absolute Gasteiger partial charge is 0.496 e. The molecule has 0 fully saturated rings. The summed E-state index contributed by atoms with van der Waals surface area (Å²) in [7, 11) is 2.81. The molecule has 154 valence electrons. The van der Waals surface area contributed by atoms with Gasteiger partial charge in [0.05, 0.1) is 25.9 Å². The molecule has 1 aliphatic heterocycles. The highest BCUT2D eigenvalue weighted by molar-refractivity contribution is 6.30. The molecule has 1 aliphatic rings. The molecule has 0 bridgehead atoms. The third-order valence-corrected chi connectivity index (χ3v) is 5.04. The molecule has 0 aromatic heterocycles. The minimum absolute atomic E-state index is 0.174. The van der Waals surface area contributed by atoms with Gasteiger partial charge < -0.3 is 24.8 Å². The number of methoxy groups -OCH3 is 2. The van der Waals surface area contributed by atoms with Gasteiger partial charge in [0.1, 0.15) is 12.4 Å². The molecule has 0 aliphatic carbocycles. The maximum atomic E-state index is 13.4. The molecule has 1 amide bonds. The highest BCUT2D eigenvalue weighted by Gasteiger charge is 2.29. The second-order valence-corrected chi connectivity index (χ2v) is 7.07. The van der Waals surface area contributed by atoms with Gasteiger partial charge in [-0.15, -0.1) is 0 Å². The van der Waals surface area contributed by atoms with Crippen molar-refractivity contribution >= 4 is 34.9 Å². The van der Waals surface area contributed by atoms with E-state index < -0.39 is 5.97 Å². The number of nitrogens with two attached hydrogens (primary N) is 1. The lowest BCUT2D eigenvalue weighted by Crippen LogP contribution is -2.32. The molecule has 0 saturated heterocycles. The Hall–Kier alpha value is -2.77. The number of amides is 1. The van der Waals surface area contributed by atoms with Gasteiger partial charge in [0.25, 0.3) is 5.91 Å². The molecule has 8 heteroatoms. The Morgan fingerprint density at radius 1 is 1.21 bits per heavy atom. The zero-order valence-corrected chi connectivity index (χ0v) is 17.1. The van der Waals surface area contributed by atoms with Gasteiger partial charge in [0.2, 0.25) is 0 Å². The van der Waals surface area contributed by atoms with Crippen molar-refractivity contribution in [1.82, 2.24) is 0 Å². The summed E-state index contributed by atoms with van der Waals surface area (Å²) in [5.74, 6) is -0.260. The van der Waals surface area contributed by atoms with Gasteiger partial charge in [-0.3, -0.25) is 4.79 Å². The summed E-state index contributed by atoms with van der Waals surface area (Å²) in [6.45, 7) is 0.311. The Bertz CT molecular complexity index is 918. The van der Waals surface area contributed by atoms with Crippen LogP contribution >= 0.6 is 11.6 Å². The van der Waals surface area contributed by atoms with E-state index in [9.17, 15) is 9.59 Å². The number of carbonyl (C=O) groups excluding carboxylic acids is 2. The summed E-state index contributed by atoms with van der Waals surface area (Å²) in [5.41, 5.74) is 8.18. The Morgan fingerprint density at radius 3 is 2.72 bits per heavy atom. The van der Waals surface area contributed by atoms with Crippen LogP contribution in [0.1, 0.15) is 34.9 Å². The van der Waals surface area contributed by atoms with Gasteiger partial charge in [-0.1, -0.05) is 11.6 Å². The Balaban J connectivity index is 1.97. The van der Waals surface area contributed by atoms with Crippen LogP contribution in [0.5, 0.6) is 5.75 Å². The monoisotopic (exact) mass is 418 g/mol. The van der Waals surface area contributed by atoms with Crippen molar-refractivity contribution in [3.8, 4) is 5.75 Å². The van der Waals surface area contributed by atoms with Gasteiger partial charge in [-0.2, -0.15) is 0 Å². The van der Waals surface area contributed by atoms with Crippen LogP contribution in [0.25, 0.3) is 0 Å². The zero-order valence-electron chi connectivity index (χ0n) is 16.3. The van der Waals surface area contributed by atoms with Gasteiger partial charge in [-0.05, 0) is 43.2 Å². The maximum Gasteiger partial charge on any atom is 0.331 e. The Kier molecular flexibility index (Phi) is 6.61. The fourth-order valence-corrected chi connectivity index (χ4v) is 3.56. The zero-order chi connectivity index (χ0) is 21.0. The lowest BCUT2D eigenvalue weighted by Gasteiger charge is -2.25. The fraction of sp³-hybridized carbons (Fsp3) is 0.333. The normalized spacial score (nSPS) is 16.0. The molecule has 0 spiro atoms. The van der Waals surface area contributed by atoms with Crippen LogP contribution in [-0.2, 0) is 14.3 Å². The van der Waals surface area contributed by atoms with Crippen LogP contribution in [0.4, 0.5) is 11.4 Å². The van der Waals surface area contributed by atoms with Crippen LogP contribution in [0.2, 0.25) is 5.02 Å². The number of nitrogen functional groups attached to an aromatic ring is 1. The quantitative estimate of drug-likeness (QED) is 0.589. The molecule has 2 aromatic rings. The van der Waals surface area contributed by atoms with E-state index in [0.29, 0.717) is 47.1 Å². The number of hydrogen-bond donors (Lipinski definition) is 1. The summed E-state index contributed by atoms with van der Waals surface area (Å²) < 4.78 is 15.8. The van der Waals surface area contributed by atoms with E-state index in [1.807, 2.05) is 0 Å². The standard InChI is InChI=1S/C21H23ClN2O5/c1-27-19-11-14(23)6-7-15(19)21(26)24-9-3-4-18(29-12-20(25)28-2)16-10-13(22)5-8-17(16)24/h5-8,10-11,18H,3-4,9,12,23H2,1-2H3. The number of esters is 1. The Morgan fingerprint density at radius 2 is 2.00 bits per heavy atom. The molecule has 29 heavy (non-hydrogen) atoms. The second kappa shape index (κ2) is 9.15. The van der Waals surface area contributed by atoms with Crippen molar-refractivity contribution in [1.29, 1.82) is 0 Å². The first-order valence-electron chi connectivity index (χ1n) is 9.18. The summed E-state index contributed by atoms with van der Waals surface area (Å²) >= 11 is 6.21. The van der Waals surface area contributed by atoms with Crippen molar-refractivity contribution in [3.63, 3.8) is 0 Å². The number of hydrogen-bond acceptors (Lipinski definition) is 6. The van der Waals surface area contributed by atoms with Crippen LogP contribution in [0.15, 0.2) is 36.4 Å². The number of halogens is 1. The van der Waals surface area contributed by atoms with Crippen LogP contribution in [-0.4, -0.2) is 39.2 Å². The molecule has 0 saturated carbocycles. The smallest absolute Gasteiger partial charge is 0.331 e. The van der Waals surface area contributed by atoms with E-state index in [2.05, 4.69) is 4.74 Å². The van der Waals surface area contributed by atoms with Gasteiger partial charge in [0, 0.05) is 34.6 Å². The van der Waals surface area contributed by atoms with E-state index >= 15 is 0 Å². The predicted molar refractivity (Wildman–Crippen MR) is 110 cm³/mol. The average molecular weight is 419 g/mol. The van der Waals surface area contributed by atoms with Crippen molar-refractivity contribution in [2.24, 2.45) is 0 Å². The SMILES string of the molecule is COC(=O)COC1CCCN(C(=O)c2ccc(N)cc2OC)c2ccc(Cl)cc21. The first-order chi connectivity index (χ1) is 13.9. The minimum atomic E-state index is -0.461. The second-order valence-electron chi connectivity index (χ2n) is 6.64. The van der Waals surface area contributed by atoms with E-state index in [4.69, 9.17) is 26.8 Å². The summed E-state index contributed by atoms with van der Waals surface area (Å²) in [4.78, 5) is 26.6. The lowest BCUT2D eigenvalue weighted by atomic mass is 10.0. The molecule has 7 nitrogen and oxygen atoms in total. The van der Waals surface area contributed by atoms with Crippen LogP contribution in [0.3, 0.4) is 0 Å². The van der Waals surface area contributed by atoms with Crippen molar-refractivity contribution in [3.05, 3.63) is 52.5 Å². The number of nitrogens with zero attached hydrogens (tertiary/aromatic N) is 1. The van der Waals surface area contributed by atoms with E-state index in [0.717, 1.165) is 5.56 Å². The number of rotatable bonds is 5. The highest BCUT2D eigenvalue weighted by Crippen LogP contribution is 2.38. The van der Waals surface area contributed by atoms with Crippen molar-refractivity contribution in [2.75, 3.05) is 38.0 Å². The molecule has 2 N–H and O–H groups in total. The summed E-state index contributed by atoms with van der Waals surface area (Å²) in [6.07, 6.45) is 0.933. The fourth-order valence-electron chi connectivity index (χ4n) is 3.38. The highest BCUT2D eigenvalue weighted by atomic mass is 35.5. The number of anilines is 2. The van der Waals surface area contributed by atoms with E-state index in [-0.39, 0.29) is 18.6 Å². The molecular weight excluding hydrogens is 396 g/mol. The number of benzene rings is 2. The van der Waals surface area contributed by atoms with Crippen molar-refractivity contribution < 1.29 is 23.8 Å². The summed E-state index contributed by atoms with van der Waals surface area (Å²) in [5, 5.41) is 0.523. The third kappa shape index (κ3) is 4.63. The third-order valence-electron chi connectivity index (χ3n) is 4.81. The van der Waals surface area contributed by atoms with Gasteiger partial charge in [0.15, 0.2) is 0 Å². The van der Waals surface area contributed by atoms with Crippen LogP contribution in [0, 0.1) is 0 Å². The lowest BCUT2D eigenvalue weighted by molar-refractivity contribution is -0.148. The number of fused-ring (bicyclic) bond motifs is 1. The average Bonchev–Trinajstić information content (AvgIpc) is 2.90. The molecule has 1 heterocycles. The molecule has 1 atom stereocenters. The maximum absolute atomic E-state index is 13.4. The topological polar surface area (TPSA) is 91.1 Å². The molecule has 2 aromatic carbocycles. The molecule has 1 unspecified atom stereocenters. The molecule has 0 radical (unpaired) electrons. The van der Waals surface area contributed by atoms with Gasteiger partial charge >= 0.3 is 5.97 Å². The van der Waals surface area contributed by atoms with E-state index in [1.54, 1.807) is 41.3 Å². The van der Waals surface area contributed by atoms with Gasteiger partial charge in [-0.25, -0.2) is 4.79 Å². The summed E-state index contributed by atoms with van der Waals surface area (Å²) in [6, 6.07) is 10.2. The van der Waals surface area contributed by atoms with Crippen molar-refractivity contribution in [2.45, 2.75) is 18.9 Å². The Labute approximate surface area is 174 Å². The number of carbonyl (C=O) groups is 2. The van der Waals surface area contributed by atoms with Crippen LogP contribution < -0.4 is 15.4 Å². The molecular formula is C21H23ClN2O5. The first-order valence-corrected chi connectivity index (χ1v) is 9.55. The predicted octanol–water partition coefficient (Wildman–Crippen LogP) is 3.60. The minimum Gasteiger partial charge on any atom is -0.496 e. The molecule has 3 rings (SSSR count).